The number of nitrogens with one attached hydrogen (secondary N) is 1. The van der Waals surface area contributed by atoms with Crippen LogP contribution in [0.1, 0.15) is 25.3 Å². The SMILES string of the molecule is Cc1ccc(NC(=O)C2CCN(C(=O)N3CC(C)Oc4ccc(Cl)cc43)CC2)cc1. The van der Waals surface area contributed by atoms with Crippen LogP contribution in [0.15, 0.2) is 42.5 Å². The van der Waals surface area contributed by atoms with Gasteiger partial charge in [-0.05, 0) is 57.0 Å². The van der Waals surface area contributed by atoms with E-state index < -0.39 is 0 Å². The van der Waals surface area contributed by atoms with E-state index in [-0.39, 0.29) is 24.0 Å². The van der Waals surface area contributed by atoms with Gasteiger partial charge in [0.15, 0.2) is 0 Å². The van der Waals surface area contributed by atoms with Crippen molar-refractivity contribution in [1.82, 2.24) is 4.90 Å². The van der Waals surface area contributed by atoms with Crippen LogP contribution >= 0.6 is 11.6 Å². The van der Waals surface area contributed by atoms with Crippen LogP contribution in [0.25, 0.3) is 0 Å². The Morgan fingerprint density at radius 2 is 1.80 bits per heavy atom. The van der Waals surface area contributed by atoms with Gasteiger partial charge in [-0.1, -0.05) is 29.3 Å². The lowest BCUT2D eigenvalue weighted by Gasteiger charge is -2.39. The molecule has 0 saturated carbocycles. The number of nitrogens with zero attached hydrogens (tertiary/aromatic N) is 2. The van der Waals surface area contributed by atoms with Crippen LogP contribution < -0.4 is 15.0 Å². The number of amides is 3. The van der Waals surface area contributed by atoms with Crippen LogP contribution in [0.5, 0.6) is 5.75 Å². The molecule has 1 unspecified atom stereocenters. The molecule has 2 aliphatic rings. The number of anilines is 2. The molecule has 1 saturated heterocycles. The van der Waals surface area contributed by atoms with Gasteiger partial charge in [0.25, 0.3) is 0 Å². The molecule has 7 heteroatoms. The zero-order valence-electron chi connectivity index (χ0n) is 17.2. The number of ether oxygens (including phenoxy) is 1. The first-order valence-corrected chi connectivity index (χ1v) is 10.7. The number of hydrogen-bond donors (Lipinski definition) is 1. The molecule has 0 spiro atoms. The normalized spacial score (nSPS) is 19.1. The van der Waals surface area contributed by atoms with E-state index in [0.717, 1.165) is 11.3 Å². The first-order valence-electron chi connectivity index (χ1n) is 10.3. The van der Waals surface area contributed by atoms with Crippen molar-refractivity contribution in [3.63, 3.8) is 0 Å². The largest absolute Gasteiger partial charge is 0.487 e. The highest BCUT2D eigenvalue weighted by molar-refractivity contribution is 6.31. The minimum Gasteiger partial charge on any atom is -0.487 e. The molecular weight excluding hydrogens is 402 g/mol. The van der Waals surface area contributed by atoms with Crippen LogP contribution in [0.4, 0.5) is 16.2 Å². The van der Waals surface area contributed by atoms with Crippen molar-refractivity contribution in [2.45, 2.75) is 32.8 Å². The van der Waals surface area contributed by atoms with Crippen molar-refractivity contribution in [3.8, 4) is 5.75 Å². The van der Waals surface area contributed by atoms with Crippen molar-refractivity contribution >= 4 is 34.9 Å². The Labute approximate surface area is 181 Å². The number of carbonyl (C=O) groups is 2. The molecule has 3 amide bonds. The maximum Gasteiger partial charge on any atom is 0.324 e. The van der Waals surface area contributed by atoms with Crippen molar-refractivity contribution in [1.29, 1.82) is 0 Å². The van der Waals surface area contributed by atoms with Gasteiger partial charge in [-0.25, -0.2) is 4.79 Å². The molecule has 2 aromatic carbocycles. The lowest BCUT2D eigenvalue weighted by atomic mass is 9.96. The fraction of sp³-hybridized carbons (Fsp3) is 0.391. The number of benzene rings is 2. The van der Waals surface area contributed by atoms with E-state index in [1.165, 1.54) is 0 Å². The predicted octanol–water partition coefficient (Wildman–Crippen LogP) is 4.71. The van der Waals surface area contributed by atoms with E-state index >= 15 is 0 Å². The summed E-state index contributed by atoms with van der Waals surface area (Å²) in [4.78, 5) is 29.4. The molecule has 6 nitrogen and oxygen atoms in total. The fourth-order valence-electron chi connectivity index (χ4n) is 3.98. The topological polar surface area (TPSA) is 61.9 Å². The van der Waals surface area contributed by atoms with E-state index in [0.29, 0.717) is 48.9 Å². The molecular formula is C23H26ClN3O3. The van der Waals surface area contributed by atoms with Crippen LogP contribution in [0, 0.1) is 12.8 Å². The monoisotopic (exact) mass is 427 g/mol. The summed E-state index contributed by atoms with van der Waals surface area (Å²) in [5, 5.41) is 3.55. The van der Waals surface area contributed by atoms with Crippen molar-refractivity contribution in [2.24, 2.45) is 5.92 Å². The molecule has 0 aliphatic carbocycles. The van der Waals surface area contributed by atoms with Crippen molar-refractivity contribution < 1.29 is 14.3 Å². The van der Waals surface area contributed by atoms with Crippen molar-refractivity contribution in [2.75, 3.05) is 29.9 Å². The predicted molar refractivity (Wildman–Crippen MR) is 118 cm³/mol. The highest BCUT2D eigenvalue weighted by atomic mass is 35.5. The second-order valence-electron chi connectivity index (χ2n) is 8.05. The minimum atomic E-state index is -0.0968. The van der Waals surface area contributed by atoms with Crippen LogP contribution in [0.2, 0.25) is 5.02 Å². The molecule has 0 bridgehead atoms. The third-order valence-corrected chi connectivity index (χ3v) is 5.90. The fourth-order valence-corrected chi connectivity index (χ4v) is 4.14. The zero-order valence-corrected chi connectivity index (χ0v) is 18.0. The summed E-state index contributed by atoms with van der Waals surface area (Å²) in [6, 6.07) is 13.0. The van der Waals surface area contributed by atoms with E-state index in [1.807, 2.05) is 43.0 Å². The average Bonchev–Trinajstić information content (AvgIpc) is 2.74. The quantitative estimate of drug-likeness (QED) is 0.755. The van der Waals surface area contributed by atoms with Gasteiger partial charge in [-0.3, -0.25) is 9.69 Å². The number of piperidine rings is 1. The van der Waals surface area contributed by atoms with Crippen LogP contribution in [0.3, 0.4) is 0 Å². The third-order valence-electron chi connectivity index (χ3n) is 5.67. The Morgan fingerprint density at radius 1 is 1.10 bits per heavy atom. The van der Waals surface area contributed by atoms with E-state index in [4.69, 9.17) is 16.3 Å². The first kappa shape index (κ1) is 20.5. The molecule has 2 heterocycles. The zero-order chi connectivity index (χ0) is 21.3. The smallest absolute Gasteiger partial charge is 0.324 e. The van der Waals surface area contributed by atoms with Crippen LogP contribution in [-0.2, 0) is 4.79 Å². The molecule has 0 aromatic heterocycles. The van der Waals surface area contributed by atoms with Crippen LogP contribution in [-0.4, -0.2) is 42.6 Å². The lowest BCUT2D eigenvalue weighted by Crippen LogP contribution is -2.51. The van der Waals surface area contributed by atoms with Gasteiger partial charge < -0.3 is 15.0 Å². The van der Waals surface area contributed by atoms with Gasteiger partial charge >= 0.3 is 6.03 Å². The van der Waals surface area contributed by atoms with Gasteiger partial charge in [0.2, 0.25) is 5.91 Å². The number of halogens is 1. The summed E-state index contributed by atoms with van der Waals surface area (Å²) in [5.41, 5.74) is 2.66. The molecule has 0 radical (unpaired) electrons. The molecule has 2 aliphatic heterocycles. The number of likely N-dealkylation sites (tertiary alicyclic amines) is 1. The second-order valence-corrected chi connectivity index (χ2v) is 8.49. The highest BCUT2D eigenvalue weighted by Gasteiger charge is 2.34. The number of rotatable bonds is 2. The van der Waals surface area contributed by atoms with E-state index in [2.05, 4.69) is 5.32 Å². The van der Waals surface area contributed by atoms with Gasteiger partial charge in [0.05, 0.1) is 12.2 Å². The molecule has 1 N–H and O–H groups in total. The summed E-state index contributed by atoms with van der Waals surface area (Å²) in [7, 11) is 0. The standard InChI is InChI=1S/C23H26ClN3O3/c1-15-3-6-19(7-4-15)25-22(28)17-9-11-26(12-10-17)23(29)27-14-16(2)30-21-8-5-18(24)13-20(21)27/h3-8,13,16-17H,9-12,14H2,1-2H3,(H,25,28). The Kier molecular flexibility index (Phi) is 5.86. The summed E-state index contributed by atoms with van der Waals surface area (Å²) >= 11 is 6.15. The summed E-state index contributed by atoms with van der Waals surface area (Å²) in [6.45, 7) is 5.53. The van der Waals surface area contributed by atoms with Crippen molar-refractivity contribution in [3.05, 3.63) is 53.1 Å². The highest BCUT2D eigenvalue weighted by Crippen LogP contribution is 2.36. The molecule has 158 valence electrons. The maximum absolute atomic E-state index is 13.2. The minimum absolute atomic E-state index is 0.0167. The Bertz CT molecular complexity index is 939. The summed E-state index contributed by atoms with van der Waals surface area (Å²) in [6.07, 6.45) is 1.19. The molecule has 2 aromatic rings. The molecule has 30 heavy (non-hydrogen) atoms. The number of hydrogen-bond acceptors (Lipinski definition) is 3. The Morgan fingerprint density at radius 3 is 2.50 bits per heavy atom. The third kappa shape index (κ3) is 4.38. The second kappa shape index (κ2) is 8.56. The molecule has 1 atom stereocenters. The van der Waals surface area contributed by atoms with Gasteiger partial charge in [0, 0.05) is 29.7 Å². The number of aryl methyl sites for hydroxylation is 1. The Hall–Kier alpha value is -2.73. The molecule has 4 rings (SSSR count). The number of urea groups is 1. The van der Waals surface area contributed by atoms with E-state index in [9.17, 15) is 9.59 Å². The lowest BCUT2D eigenvalue weighted by molar-refractivity contribution is -0.121. The summed E-state index contributed by atoms with van der Waals surface area (Å²) < 4.78 is 5.84. The van der Waals surface area contributed by atoms with E-state index in [1.54, 1.807) is 23.1 Å². The van der Waals surface area contributed by atoms with Gasteiger partial charge in [0.1, 0.15) is 11.9 Å². The number of carbonyl (C=O) groups excluding carboxylic acids is 2. The molecule has 1 fully saturated rings. The maximum atomic E-state index is 13.2. The average molecular weight is 428 g/mol. The van der Waals surface area contributed by atoms with Gasteiger partial charge in [-0.15, -0.1) is 0 Å². The van der Waals surface area contributed by atoms with Gasteiger partial charge in [-0.2, -0.15) is 0 Å². The Balaban J connectivity index is 1.38. The summed E-state index contributed by atoms with van der Waals surface area (Å²) in [5.74, 6) is 0.586. The first-order chi connectivity index (χ1) is 14.4. The number of fused-ring (bicyclic) bond motifs is 1.